The van der Waals surface area contributed by atoms with Gasteiger partial charge in [-0.05, 0) is 19.4 Å². The molecule has 2 N–H and O–H groups in total. The van der Waals surface area contributed by atoms with Crippen molar-refractivity contribution in [1.29, 1.82) is 0 Å². The molecule has 0 spiro atoms. The van der Waals surface area contributed by atoms with E-state index in [0.717, 1.165) is 25.9 Å². The summed E-state index contributed by atoms with van der Waals surface area (Å²) in [6.07, 6.45) is 5.40. The minimum absolute atomic E-state index is 0.192. The topological polar surface area (TPSA) is 59.0 Å². The zero-order chi connectivity index (χ0) is 13.0. The van der Waals surface area contributed by atoms with Gasteiger partial charge in [0.2, 0.25) is 0 Å². The van der Waals surface area contributed by atoms with Gasteiger partial charge >= 0.3 is 0 Å². The average Bonchev–Trinajstić information content (AvgIpc) is 2.40. The molecule has 18 heavy (non-hydrogen) atoms. The highest BCUT2D eigenvalue weighted by Crippen LogP contribution is 2.18. The highest BCUT2D eigenvalue weighted by molar-refractivity contribution is 6.32. The number of anilines is 1. The number of allylic oxidation sites excluding steroid dienone is 1. The van der Waals surface area contributed by atoms with Crippen LogP contribution in [0, 0.1) is 0 Å². The van der Waals surface area contributed by atoms with Gasteiger partial charge in [-0.2, -0.15) is 5.10 Å². The summed E-state index contributed by atoms with van der Waals surface area (Å²) < 4.78 is 1.29. The molecule has 0 aromatic carbocycles. The summed E-state index contributed by atoms with van der Waals surface area (Å²) in [6.45, 7) is 5.87. The molecule has 1 unspecified atom stereocenters. The highest BCUT2D eigenvalue weighted by atomic mass is 35.5. The molecule has 2 rings (SSSR count). The minimum Gasteiger partial charge on any atom is -0.378 e. The van der Waals surface area contributed by atoms with Crippen LogP contribution < -0.4 is 16.2 Å². The Bertz CT molecular complexity index is 479. The lowest BCUT2D eigenvalue weighted by Crippen LogP contribution is -2.39. The van der Waals surface area contributed by atoms with E-state index >= 15 is 0 Å². The van der Waals surface area contributed by atoms with Crippen molar-refractivity contribution in [3.63, 3.8) is 0 Å². The third kappa shape index (κ3) is 2.91. The molecule has 1 aliphatic heterocycles. The molecule has 0 aliphatic carbocycles. The van der Waals surface area contributed by atoms with E-state index in [-0.39, 0.29) is 10.6 Å². The first-order valence-electron chi connectivity index (χ1n) is 6.06. The van der Waals surface area contributed by atoms with Crippen molar-refractivity contribution in [2.24, 2.45) is 0 Å². The van der Waals surface area contributed by atoms with E-state index in [1.165, 1.54) is 4.68 Å². The normalized spacial score (nSPS) is 19.5. The van der Waals surface area contributed by atoms with Crippen LogP contribution >= 0.6 is 11.6 Å². The lowest BCUT2D eigenvalue weighted by Gasteiger charge is -2.25. The van der Waals surface area contributed by atoms with Crippen LogP contribution in [0.15, 0.2) is 23.6 Å². The molecular formula is C12H17ClN4O. The molecular weight excluding hydrogens is 252 g/mol. The Hall–Kier alpha value is -1.33. The van der Waals surface area contributed by atoms with Gasteiger partial charge in [0.1, 0.15) is 5.02 Å². The van der Waals surface area contributed by atoms with Crippen molar-refractivity contribution < 1.29 is 0 Å². The van der Waals surface area contributed by atoms with Gasteiger partial charge in [-0.1, -0.05) is 17.7 Å². The zero-order valence-corrected chi connectivity index (χ0v) is 10.9. The Labute approximate surface area is 111 Å². The second kappa shape index (κ2) is 6.02. The summed E-state index contributed by atoms with van der Waals surface area (Å²) in [7, 11) is 0. The SMILES string of the molecule is C=CCn1ncc(NC2CCCNC2)c(Cl)c1=O. The molecule has 6 heteroatoms. The molecule has 1 aliphatic rings. The number of hydrogen-bond donors (Lipinski definition) is 2. The number of halogens is 1. The molecule has 98 valence electrons. The quantitative estimate of drug-likeness (QED) is 0.807. The third-order valence-corrected chi connectivity index (χ3v) is 3.31. The molecule has 1 atom stereocenters. The summed E-state index contributed by atoms with van der Waals surface area (Å²) in [5.74, 6) is 0. The van der Waals surface area contributed by atoms with Crippen LogP contribution in [0.5, 0.6) is 0 Å². The van der Waals surface area contributed by atoms with Crippen LogP contribution in [0.1, 0.15) is 12.8 Å². The Morgan fingerprint density at radius 2 is 2.56 bits per heavy atom. The van der Waals surface area contributed by atoms with E-state index in [1.54, 1.807) is 12.3 Å². The molecule has 1 aromatic heterocycles. The monoisotopic (exact) mass is 268 g/mol. The van der Waals surface area contributed by atoms with Crippen molar-refractivity contribution in [3.8, 4) is 0 Å². The predicted molar refractivity (Wildman–Crippen MR) is 73.2 cm³/mol. The van der Waals surface area contributed by atoms with Crippen molar-refractivity contribution in [3.05, 3.63) is 34.2 Å². The molecule has 2 heterocycles. The maximum absolute atomic E-state index is 11.9. The van der Waals surface area contributed by atoms with Gasteiger partial charge in [0.05, 0.1) is 18.4 Å². The lowest BCUT2D eigenvalue weighted by molar-refractivity contribution is 0.479. The first kappa shape index (κ1) is 13.1. The van der Waals surface area contributed by atoms with Gasteiger partial charge in [-0.15, -0.1) is 6.58 Å². The van der Waals surface area contributed by atoms with Crippen LogP contribution in [0.4, 0.5) is 5.69 Å². The van der Waals surface area contributed by atoms with Gasteiger partial charge in [0, 0.05) is 12.6 Å². The maximum Gasteiger partial charge on any atom is 0.287 e. The number of hydrogen-bond acceptors (Lipinski definition) is 4. The van der Waals surface area contributed by atoms with Crippen molar-refractivity contribution in [2.45, 2.75) is 25.4 Å². The van der Waals surface area contributed by atoms with Crippen LogP contribution in [0.25, 0.3) is 0 Å². The molecule has 0 saturated carbocycles. The van der Waals surface area contributed by atoms with E-state index in [4.69, 9.17) is 11.6 Å². The number of nitrogens with one attached hydrogen (secondary N) is 2. The van der Waals surface area contributed by atoms with Crippen LogP contribution in [0.3, 0.4) is 0 Å². The molecule has 0 radical (unpaired) electrons. The Kier molecular flexibility index (Phi) is 4.38. The van der Waals surface area contributed by atoms with Crippen LogP contribution in [-0.2, 0) is 6.54 Å². The Balaban J connectivity index is 2.15. The first-order valence-corrected chi connectivity index (χ1v) is 6.44. The second-order valence-electron chi connectivity index (χ2n) is 4.34. The van der Waals surface area contributed by atoms with Gasteiger partial charge < -0.3 is 10.6 Å². The number of rotatable bonds is 4. The maximum atomic E-state index is 11.9. The number of piperidine rings is 1. The highest BCUT2D eigenvalue weighted by Gasteiger charge is 2.15. The van der Waals surface area contributed by atoms with Crippen molar-refractivity contribution in [1.82, 2.24) is 15.1 Å². The smallest absolute Gasteiger partial charge is 0.287 e. The summed E-state index contributed by atoms with van der Waals surface area (Å²) in [5.41, 5.74) is 0.320. The fourth-order valence-corrected chi connectivity index (χ4v) is 2.21. The van der Waals surface area contributed by atoms with Crippen molar-refractivity contribution >= 4 is 17.3 Å². The molecule has 1 aromatic rings. The van der Waals surface area contributed by atoms with E-state index in [9.17, 15) is 4.79 Å². The van der Waals surface area contributed by atoms with Crippen LogP contribution in [-0.4, -0.2) is 28.9 Å². The van der Waals surface area contributed by atoms with Crippen molar-refractivity contribution in [2.75, 3.05) is 18.4 Å². The molecule has 1 fully saturated rings. The zero-order valence-electron chi connectivity index (χ0n) is 10.2. The fourth-order valence-electron chi connectivity index (χ4n) is 2.01. The van der Waals surface area contributed by atoms with Gasteiger partial charge in [0.15, 0.2) is 0 Å². The summed E-state index contributed by atoms with van der Waals surface area (Å²) >= 11 is 6.06. The van der Waals surface area contributed by atoms with E-state index in [0.29, 0.717) is 18.3 Å². The standard InChI is InChI=1S/C12H17ClN4O/c1-2-6-17-12(18)11(13)10(8-15-17)16-9-4-3-5-14-7-9/h2,8-9,14,16H,1,3-7H2. The van der Waals surface area contributed by atoms with Crippen LogP contribution in [0.2, 0.25) is 5.02 Å². The molecule has 0 bridgehead atoms. The van der Waals surface area contributed by atoms with Gasteiger partial charge in [-0.3, -0.25) is 4.79 Å². The van der Waals surface area contributed by atoms with E-state index in [1.807, 2.05) is 0 Å². The average molecular weight is 269 g/mol. The first-order chi connectivity index (χ1) is 8.72. The summed E-state index contributed by atoms with van der Waals surface area (Å²) in [5, 5.41) is 10.8. The Morgan fingerprint density at radius 1 is 1.72 bits per heavy atom. The third-order valence-electron chi connectivity index (χ3n) is 2.94. The number of nitrogens with zero attached hydrogens (tertiary/aromatic N) is 2. The number of aromatic nitrogens is 2. The minimum atomic E-state index is -0.287. The summed E-state index contributed by atoms with van der Waals surface area (Å²) in [4.78, 5) is 11.9. The summed E-state index contributed by atoms with van der Waals surface area (Å²) in [6, 6.07) is 0.299. The second-order valence-corrected chi connectivity index (χ2v) is 4.71. The predicted octanol–water partition coefficient (Wildman–Crippen LogP) is 1.25. The molecule has 5 nitrogen and oxygen atoms in total. The fraction of sp³-hybridized carbons (Fsp3) is 0.500. The largest absolute Gasteiger partial charge is 0.378 e. The van der Waals surface area contributed by atoms with Gasteiger partial charge in [-0.25, -0.2) is 4.68 Å². The molecule has 0 amide bonds. The van der Waals surface area contributed by atoms with Gasteiger partial charge in [0.25, 0.3) is 5.56 Å². The van der Waals surface area contributed by atoms with E-state index in [2.05, 4.69) is 22.3 Å². The van der Waals surface area contributed by atoms with E-state index < -0.39 is 0 Å². The molecule has 1 saturated heterocycles. The lowest BCUT2D eigenvalue weighted by atomic mass is 10.1. The Morgan fingerprint density at radius 3 is 3.22 bits per heavy atom.